The van der Waals surface area contributed by atoms with Gasteiger partial charge in [-0.1, -0.05) is 34.1 Å². The minimum Gasteiger partial charge on any atom is -0.312 e. The van der Waals surface area contributed by atoms with E-state index in [0.29, 0.717) is 6.04 Å². The largest absolute Gasteiger partial charge is 0.312 e. The van der Waals surface area contributed by atoms with Crippen LogP contribution in [0.3, 0.4) is 0 Å². The fraction of sp³-hybridized carbons (Fsp3) is 0.250. The highest BCUT2D eigenvalue weighted by Crippen LogP contribution is 2.29. The lowest BCUT2D eigenvalue weighted by atomic mass is 10.1. The third kappa shape index (κ3) is 1.58. The summed E-state index contributed by atoms with van der Waals surface area (Å²) in [6.07, 6.45) is 1.87. The van der Waals surface area contributed by atoms with Crippen LogP contribution in [0.25, 0.3) is 11.3 Å². The van der Waals surface area contributed by atoms with E-state index in [1.807, 2.05) is 12.3 Å². The molecule has 1 aliphatic rings. The molecule has 0 radical (unpaired) electrons. The summed E-state index contributed by atoms with van der Waals surface area (Å²) < 4.78 is 3.22. The number of hydrogen-bond acceptors (Lipinski definition) is 2. The number of hydrogen-bond donors (Lipinski definition) is 1. The lowest BCUT2D eigenvalue weighted by molar-refractivity contribution is 0.321. The Hall–Kier alpha value is -1.13. The monoisotopic (exact) mass is 277 g/mol. The standard InChI is InChI=1S/C12H12BrN3/c13-11-4-2-1-3-10(11)12-5-6-15-16(12)9-7-14-8-9/h1-6,9,14H,7-8H2. The predicted molar refractivity (Wildman–Crippen MR) is 67.3 cm³/mol. The number of benzene rings is 1. The maximum Gasteiger partial charge on any atom is 0.0774 e. The summed E-state index contributed by atoms with van der Waals surface area (Å²) in [7, 11) is 0. The fourth-order valence-electron chi connectivity index (χ4n) is 1.93. The molecule has 0 saturated carbocycles. The normalized spacial score (nSPS) is 16.1. The molecule has 1 aliphatic heterocycles. The molecule has 0 atom stereocenters. The number of halogens is 1. The highest BCUT2D eigenvalue weighted by Gasteiger charge is 2.22. The zero-order valence-electron chi connectivity index (χ0n) is 8.73. The molecule has 0 unspecified atom stereocenters. The molecule has 1 saturated heterocycles. The average molecular weight is 278 g/mol. The van der Waals surface area contributed by atoms with Gasteiger partial charge in [-0.2, -0.15) is 5.10 Å². The highest BCUT2D eigenvalue weighted by molar-refractivity contribution is 9.10. The highest BCUT2D eigenvalue weighted by atomic mass is 79.9. The van der Waals surface area contributed by atoms with Crippen molar-refractivity contribution in [1.29, 1.82) is 0 Å². The third-order valence-electron chi connectivity index (χ3n) is 2.93. The van der Waals surface area contributed by atoms with Crippen LogP contribution in [0, 0.1) is 0 Å². The number of nitrogens with zero attached hydrogens (tertiary/aromatic N) is 2. The van der Waals surface area contributed by atoms with Crippen molar-refractivity contribution in [1.82, 2.24) is 15.1 Å². The maximum absolute atomic E-state index is 4.41. The van der Waals surface area contributed by atoms with Crippen molar-refractivity contribution in [3.63, 3.8) is 0 Å². The van der Waals surface area contributed by atoms with Crippen LogP contribution >= 0.6 is 15.9 Å². The zero-order valence-corrected chi connectivity index (χ0v) is 10.3. The van der Waals surface area contributed by atoms with Crippen LogP contribution in [0.4, 0.5) is 0 Å². The molecule has 1 fully saturated rings. The van der Waals surface area contributed by atoms with Gasteiger partial charge in [-0.3, -0.25) is 4.68 Å². The van der Waals surface area contributed by atoms with Gasteiger partial charge in [0.1, 0.15) is 0 Å². The van der Waals surface area contributed by atoms with E-state index in [-0.39, 0.29) is 0 Å². The fourth-order valence-corrected chi connectivity index (χ4v) is 2.42. The molecule has 1 aromatic heterocycles. The first-order valence-corrected chi connectivity index (χ1v) is 6.14. The minimum absolute atomic E-state index is 0.497. The molecule has 2 heterocycles. The van der Waals surface area contributed by atoms with Crippen LogP contribution < -0.4 is 5.32 Å². The Bertz CT molecular complexity index is 502. The van der Waals surface area contributed by atoms with E-state index in [1.54, 1.807) is 0 Å². The topological polar surface area (TPSA) is 29.9 Å². The van der Waals surface area contributed by atoms with E-state index in [2.05, 4.69) is 55.3 Å². The molecule has 2 aromatic rings. The second-order valence-corrected chi connectivity index (χ2v) is 4.81. The zero-order chi connectivity index (χ0) is 11.0. The molecule has 3 nitrogen and oxygen atoms in total. The Balaban J connectivity index is 2.06. The van der Waals surface area contributed by atoms with Crippen LogP contribution in [0.5, 0.6) is 0 Å². The molecule has 0 aliphatic carbocycles. The van der Waals surface area contributed by atoms with Gasteiger partial charge in [0.05, 0.1) is 11.7 Å². The molecular weight excluding hydrogens is 266 g/mol. The first-order chi connectivity index (χ1) is 7.86. The van der Waals surface area contributed by atoms with E-state index in [1.165, 1.54) is 11.3 Å². The Morgan fingerprint density at radius 1 is 1.25 bits per heavy atom. The Labute approximate surface area is 103 Å². The van der Waals surface area contributed by atoms with Gasteiger partial charge < -0.3 is 5.32 Å². The Morgan fingerprint density at radius 2 is 2.06 bits per heavy atom. The maximum atomic E-state index is 4.41. The van der Waals surface area contributed by atoms with Crippen molar-refractivity contribution in [2.45, 2.75) is 6.04 Å². The van der Waals surface area contributed by atoms with Crippen LogP contribution in [0.2, 0.25) is 0 Å². The van der Waals surface area contributed by atoms with E-state index >= 15 is 0 Å². The van der Waals surface area contributed by atoms with Gasteiger partial charge in [-0.25, -0.2) is 0 Å². The second-order valence-electron chi connectivity index (χ2n) is 3.95. The van der Waals surface area contributed by atoms with Crippen LogP contribution in [0.15, 0.2) is 41.0 Å². The molecule has 82 valence electrons. The molecule has 16 heavy (non-hydrogen) atoms. The van der Waals surface area contributed by atoms with Gasteiger partial charge in [0.25, 0.3) is 0 Å². The number of aromatic nitrogens is 2. The van der Waals surface area contributed by atoms with E-state index in [4.69, 9.17) is 0 Å². The summed E-state index contributed by atoms with van der Waals surface area (Å²) >= 11 is 3.58. The SMILES string of the molecule is Brc1ccccc1-c1ccnn1C1CNC1. The number of nitrogens with one attached hydrogen (secondary N) is 1. The smallest absolute Gasteiger partial charge is 0.0774 e. The van der Waals surface area contributed by atoms with E-state index in [0.717, 1.165) is 17.6 Å². The average Bonchev–Trinajstić information content (AvgIpc) is 2.65. The van der Waals surface area contributed by atoms with Crippen LogP contribution in [-0.4, -0.2) is 22.9 Å². The van der Waals surface area contributed by atoms with Gasteiger partial charge >= 0.3 is 0 Å². The molecule has 0 amide bonds. The van der Waals surface area contributed by atoms with Gasteiger partial charge in [0.15, 0.2) is 0 Å². The van der Waals surface area contributed by atoms with Crippen molar-refractivity contribution in [2.75, 3.05) is 13.1 Å². The molecular formula is C12H12BrN3. The second kappa shape index (κ2) is 4.03. The third-order valence-corrected chi connectivity index (χ3v) is 3.62. The van der Waals surface area contributed by atoms with E-state index in [9.17, 15) is 0 Å². The van der Waals surface area contributed by atoms with Crippen molar-refractivity contribution in [3.05, 3.63) is 41.0 Å². The molecule has 1 aromatic carbocycles. The first-order valence-electron chi connectivity index (χ1n) is 5.35. The van der Waals surface area contributed by atoms with Gasteiger partial charge in [0, 0.05) is 29.3 Å². The lowest BCUT2D eigenvalue weighted by Crippen LogP contribution is -2.44. The predicted octanol–water partition coefficient (Wildman–Crippen LogP) is 2.46. The van der Waals surface area contributed by atoms with Crippen molar-refractivity contribution >= 4 is 15.9 Å². The van der Waals surface area contributed by atoms with Gasteiger partial charge in [-0.15, -0.1) is 0 Å². The molecule has 1 N–H and O–H groups in total. The van der Waals surface area contributed by atoms with E-state index < -0.39 is 0 Å². The summed E-state index contributed by atoms with van der Waals surface area (Å²) in [6, 6.07) is 10.8. The summed E-state index contributed by atoms with van der Waals surface area (Å²) in [5, 5.41) is 7.68. The van der Waals surface area contributed by atoms with Crippen molar-refractivity contribution < 1.29 is 0 Å². The van der Waals surface area contributed by atoms with Gasteiger partial charge in [-0.05, 0) is 12.1 Å². The van der Waals surface area contributed by atoms with Crippen LogP contribution in [0.1, 0.15) is 6.04 Å². The summed E-state index contributed by atoms with van der Waals surface area (Å²) in [5.74, 6) is 0. The lowest BCUT2D eigenvalue weighted by Gasteiger charge is -2.29. The van der Waals surface area contributed by atoms with Gasteiger partial charge in [0.2, 0.25) is 0 Å². The molecule has 4 heteroatoms. The quantitative estimate of drug-likeness (QED) is 0.914. The first kappa shape index (κ1) is 10.1. The summed E-state index contributed by atoms with van der Waals surface area (Å²) in [6.45, 7) is 2.03. The Kier molecular flexibility index (Phi) is 2.53. The van der Waals surface area contributed by atoms with Crippen LogP contribution in [-0.2, 0) is 0 Å². The molecule has 0 spiro atoms. The molecule has 0 bridgehead atoms. The Morgan fingerprint density at radius 3 is 2.75 bits per heavy atom. The summed E-state index contributed by atoms with van der Waals surface area (Å²) in [5.41, 5.74) is 2.38. The van der Waals surface area contributed by atoms with Crippen molar-refractivity contribution in [3.8, 4) is 11.3 Å². The number of rotatable bonds is 2. The summed E-state index contributed by atoms with van der Waals surface area (Å²) in [4.78, 5) is 0. The molecule has 3 rings (SSSR count). The van der Waals surface area contributed by atoms with Crippen molar-refractivity contribution in [2.24, 2.45) is 0 Å². The minimum atomic E-state index is 0.497.